The molecule has 0 radical (unpaired) electrons. The maximum atomic E-state index is 14.2. The monoisotopic (exact) mass is 515 g/mol. The molecular weight excluding hydrogens is 464 g/mol. The summed E-state index contributed by atoms with van der Waals surface area (Å²) in [5.74, 6) is 0.682. The van der Waals surface area contributed by atoms with Gasteiger partial charge in [-0.1, -0.05) is 70.6 Å². The molecule has 4 unspecified atom stereocenters. The Hall–Kier alpha value is -1.46. The standard InChI is InChI=1S/C32H51F2N3/c1-23-28(29-21-26(33)22-30(34)31(29)37-23)17-20-36-27-14-8-7-12-24(13-10-15-27)25-11-6-4-3-5-9-18-32(2,35)19-16-25/h21-22,24-25,27,36-37H,3-20,35H2,1-2H3. The molecule has 1 aromatic heterocycles. The predicted octanol–water partition coefficient (Wildman–Crippen LogP) is 8.47. The lowest BCUT2D eigenvalue weighted by atomic mass is 9.76. The van der Waals surface area contributed by atoms with Crippen LogP contribution in [0.1, 0.15) is 121 Å². The average Bonchev–Trinajstić information content (AvgIpc) is 3.20. The second kappa shape index (κ2) is 13.6. The number of aryl methyl sites for hydroxylation is 1. The van der Waals surface area contributed by atoms with Gasteiger partial charge >= 0.3 is 0 Å². The number of hydrogen-bond acceptors (Lipinski definition) is 2. The van der Waals surface area contributed by atoms with Crippen molar-refractivity contribution in [3.8, 4) is 0 Å². The minimum absolute atomic E-state index is 0.0107. The largest absolute Gasteiger partial charge is 0.356 e. The summed E-state index contributed by atoms with van der Waals surface area (Å²) in [6.07, 6.45) is 21.8. The zero-order valence-corrected chi connectivity index (χ0v) is 23.4. The van der Waals surface area contributed by atoms with Gasteiger partial charge in [0.15, 0.2) is 0 Å². The Labute approximate surface area is 223 Å². The van der Waals surface area contributed by atoms with E-state index in [-0.39, 0.29) is 5.54 Å². The van der Waals surface area contributed by atoms with Gasteiger partial charge in [0.05, 0.1) is 5.52 Å². The predicted molar refractivity (Wildman–Crippen MR) is 152 cm³/mol. The SMILES string of the molecule is Cc1[nH]c2c(F)cc(F)cc2c1CCNC1CCCCC(C2CCCCCCCC(C)(N)CC2)CCC1. The number of nitrogens with two attached hydrogens (primary N) is 1. The molecular formula is C32H51F2N3. The third-order valence-electron chi connectivity index (χ3n) is 9.53. The van der Waals surface area contributed by atoms with Crippen LogP contribution in [0.3, 0.4) is 0 Å². The number of aromatic nitrogens is 1. The van der Waals surface area contributed by atoms with Crippen molar-refractivity contribution in [2.45, 2.75) is 135 Å². The number of rotatable bonds is 5. The second-order valence-corrected chi connectivity index (χ2v) is 12.7. The summed E-state index contributed by atoms with van der Waals surface area (Å²) in [7, 11) is 0. The van der Waals surface area contributed by atoms with E-state index in [1.165, 1.54) is 109 Å². The first kappa shape index (κ1) is 28.5. The van der Waals surface area contributed by atoms with Crippen molar-refractivity contribution >= 4 is 10.9 Å². The Kier molecular flexibility index (Phi) is 10.5. The van der Waals surface area contributed by atoms with E-state index >= 15 is 0 Å². The molecule has 5 heteroatoms. The molecule has 0 aliphatic heterocycles. The number of benzene rings is 1. The van der Waals surface area contributed by atoms with Crippen molar-refractivity contribution in [2.75, 3.05) is 6.54 Å². The summed E-state index contributed by atoms with van der Waals surface area (Å²) < 4.78 is 28.0. The minimum Gasteiger partial charge on any atom is -0.356 e. The first-order valence-corrected chi connectivity index (χ1v) is 15.3. The zero-order chi connectivity index (χ0) is 26.3. The maximum absolute atomic E-state index is 14.2. The molecule has 2 aromatic rings. The Morgan fingerprint density at radius 3 is 2.35 bits per heavy atom. The highest BCUT2D eigenvalue weighted by molar-refractivity contribution is 5.85. The van der Waals surface area contributed by atoms with Crippen molar-refractivity contribution < 1.29 is 8.78 Å². The first-order valence-electron chi connectivity index (χ1n) is 15.3. The maximum Gasteiger partial charge on any atom is 0.150 e. The van der Waals surface area contributed by atoms with Gasteiger partial charge in [0.25, 0.3) is 0 Å². The van der Waals surface area contributed by atoms with Gasteiger partial charge < -0.3 is 16.0 Å². The molecule has 0 saturated heterocycles. The number of H-pyrrole nitrogens is 1. The van der Waals surface area contributed by atoms with Crippen molar-refractivity contribution in [3.63, 3.8) is 0 Å². The molecule has 4 rings (SSSR count). The smallest absolute Gasteiger partial charge is 0.150 e. The van der Waals surface area contributed by atoms with Crippen LogP contribution in [0.15, 0.2) is 12.1 Å². The zero-order valence-electron chi connectivity index (χ0n) is 23.4. The van der Waals surface area contributed by atoms with E-state index in [1.807, 2.05) is 6.92 Å². The molecule has 1 heterocycles. The lowest BCUT2D eigenvalue weighted by Crippen LogP contribution is -2.36. The van der Waals surface area contributed by atoms with Gasteiger partial charge in [-0.05, 0) is 82.4 Å². The van der Waals surface area contributed by atoms with Crippen LogP contribution in [0.5, 0.6) is 0 Å². The van der Waals surface area contributed by atoms with Gasteiger partial charge in [-0.2, -0.15) is 0 Å². The molecule has 4 atom stereocenters. The number of halogens is 2. The van der Waals surface area contributed by atoms with Crippen molar-refractivity contribution in [3.05, 3.63) is 35.0 Å². The minimum atomic E-state index is -0.509. The highest BCUT2D eigenvalue weighted by Crippen LogP contribution is 2.36. The molecule has 2 aliphatic carbocycles. The summed E-state index contributed by atoms with van der Waals surface area (Å²) in [5, 5.41) is 4.49. The van der Waals surface area contributed by atoms with E-state index in [4.69, 9.17) is 5.73 Å². The fourth-order valence-electron chi connectivity index (χ4n) is 7.24. The fourth-order valence-corrected chi connectivity index (χ4v) is 7.24. The van der Waals surface area contributed by atoms with Gasteiger partial charge in [-0.3, -0.25) is 0 Å². The summed E-state index contributed by atoms with van der Waals surface area (Å²) >= 11 is 0. The average molecular weight is 516 g/mol. The van der Waals surface area contributed by atoms with Gasteiger partial charge in [0, 0.05) is 28.7 Å². The topological polar surface area (TPSA) is 53.8 Å². The first-order chi connectivity index (χ1) is 17.8. The number of aromatic amines is 1. The van der Waals surface area contributed by atoms with Gasteiger partial charge in [-0.25, -0.2) is 8.78 Å². The second-order valence-electron chi connectivity index (χ2n) is 12.7. The molecule has 1 aromatic carbocycles. The molecule has 2 aliphatic rings. The van der Waals surface area contributed by atoms with E-state index in [0.717, 1.165) is 42.1 Å². The van der Waals surface area contributed by atoms with Crippen LogP contribution in [-0.2, 0) is 6.42 Å². The summed E-state index contributed by atoms with van der Waals surface area (Å²) in [4.78, 5) is 3.12. The van der Waals surface area contributed by atoms with E-state index < -0.39 is 11.6 Å². The third kappa shape index (κ3) is 8.26. The molecule has 0 amide bonds. The molecule has 208 valence electrons. The number of fused-ring (bicyclic) bond motifs is 1. The van der Waals surface area contributed by atoms with Crippen LogP contribution in [0.2, 0.25) is 0 Å². The Bertz CT molecular complexity index is 982. The molecule has 0 bridgehead atoms. The molecule has 4 N–H and O–H groups in total. The Morgan fingerprint density at radius 2 is 1.51 bits per heavy atom. The molecule has 2 fully saturated rings. The number of nitrogens with one attached hydrogen (secondary N) is 2. The highest BCUT2D eigenvalue weighted by atomic mass is 19.1. The van der Waals surface area contributed by atoms with E-state index in [2.05, 4.69) is 17.2 Å². The van der Waals surface area contributed by atoms with Gasteiger partial charge in [0.1, 0.15) is 11.6 Å². The normalized spacial score (nSPS) is 29.3. The fraction of sp³-hybridized carbons (Fsp3) is 0.750. The Morgan fingerprint density at radius 1 is 0.865 bits per heavy atom. The van der Waals surface area contributed by atoms with Crippen molar-refractivity contribution in [2.24, 2.45) is 17.6 Å². The summed E-state index contributed by atoms with van der Waals surface area (Å²) in [6, 6.07) is 2.96. The lowest BCUT2D eigenvalue weighted by Gasteiger charge is -2.31. The van der Waals surface area contributed by atoms with Crippen LogP contribution in [-0.4, -0.2) is 23.1 Å². The quantitative estimate of drug-likeness (QED) is 0.374. The van der Waals surface area contributed by atoms with E-state index in [0.29, 0.717) is 16.9 Å². The molecule has 37 heavy (non-hydrogen) atoms. The molecule has 2 saturated carbocycles. The highest BCUT2D eigenvalue weighted by Gasteiger charge is 2.27. The van der Waals surface area contributed by atoms with Crippen LogP contribution in [0.4, 0.5) is 8.78 Å². The summed E-state index contributed by atoms with van der Waals surface area (Å²) in [6.45, 7) is 5.09. The van der Waals surface area contributed by atoms with Gasteiger partial charge in [-0.15, -0.1) is 0 Å². The molecule has 0 spiro atoms. The molecule has 3 nitrogen and oxygen atoms in total. The van der Waals surface area contributed by atoms with Crippen LogP contribution in [0, 0.1) is 30.4 Å². The van der Waals surface area contributed by atoms with E-state index in [1.54, 1.807) is 0 Å². The van der Waals surface area contributed by atoms with Crippen molar-refractivity contribution in [1.29, 1.82) is 0 Å². The van der Waals surface area contributed by atoms with Crippen LogP contribution >= 0.6 is 0 Å². The third-order valence-corrected chi connectivity index (χ3v) is 9.53. The lowest BCUT2D eigenvalue weighted by molar-refractivity contribution is 0.225. The van der Waals surface area contributed by atoms with Gasteiger partial charge in [0.2, 0.25) is 0 Å². The van der Waals surface area contributed by atoms with E-state index in [9.17, 15) is 8.78 Å². The number of hydrogen-bond donors (Lipinski definition) is 3. The van der Waals surface area contributed by atoms with Crippen LogP contribution < -0.4 is 11.1 Å². The van der Waals surface area contributed by atoms with Crippen LogP contribution in [0.25, 0.3) is 10.9 Å². The summed E-state index contributed by atoms with van der Waals surface area (Å²) in [5.41, 5.74) is 9.10. The van der Waals surface area contributed by atoms with Crippen molar-refractivity contribution in [1.82, 2.24) is 10.3 Å². The Balaban J connectivity index is 1.29.